The van der Waals surface area contributed by atoms with E-state index in [2.05, 4.69) is 20.6 Å². The SMILES string of the molecule is CCOc1ccc(Nc2cc(C(=O)Nc3cccc(C#N)c3)nc(C)n2)cc1. The fourth-order valence-corrected chi connectivity index (χ4v) is 2.56. The third kappa shape index (κ3) is 4.83. The second-order valence-electron chi connectivity index (χ2n) is 5.91. The molecule has 140 valence electrons. The van der Waals surface area contributed by atoms with E-state index in [4.69, 9.17) is 10.00 Å². The first-order valence-corrected chi connectivity index (χ1v) is 8.74. The predicted molar refractivity (Wildman–Crippen MR) is 107 cm³/mol. The van der Waals surface area contributed by atoms with Gasteiger partial charge in [0, 0.05) is 17.4 Å². The Kier molecular flexibility index (Phi) is 5.82. The van der Waals surface area contributed by atoms with E-state index in [1.807, 2.05) is 37.3 Å². The van der Waals surface area contributed by atoms with Gasteiger partial charge in [-0.1, -0.05) is 6.07 Å². The lowest BCUT2D eigenvalue weighted by molar-refractivity contribution is 0.102. The molecule has 0 spiro atoms. The van der Waals surface area contributed by atoms with Crippen LogP contribution in [0, 0.1) is 18.3 Å². The van der Waals surface area contributed by atoms with Crippen LogP contribution in [-0.4, -0.2) is 22.5 Å². The Morgan fingerprint density at radius 3 is 2.61 bits per heavy atom. The molecule has 28 heavy (non-hydrogen) atoms. The lowest BCUT2D eigenvalue weighted by Crippen LogP contribution is -2.15. The van der Waals surface area contributed by atoms with Crippen LogP contribution in [0.4, 0.5) is 17.2 Å². The third-order valence-corrected chi connectivity index (χ3v) is 3.76. The molecule has 3 aromatic rings. The maximum absolute atomic E-state index is 12.6. The van der Waals surface area contributed by atoms with E-state index in [0.717, 1.165) is 11.4 Å². The van der Waals surface area contributed by atoms with Gasteiger partial charge >= 0.3 is 0 Å². The van der Waals surface area contributed by atoms with Crippen molar-refractivity contribution >= 4 is 23.1 Å². The summed E-state index contributed by atoms with van der Waals surface area (Å²) in [5.41, 5.74) is 2.04. The molecule has 0 bridgehead atoms. The lowest BCUT2D eigenvalue weighted by Gasteiger charge is -2.10. The summed E-state index contributed by atoms with van der Waals surface area (Å²) in [7, 11) is 0. The summed E-state index contributed by atoms with van der Waals surface area (Å²) in [5, 5.41) is 14.9. The molecule has 3 rings (SSSR count). The molecular formula is C21H19N5O2. The van der Waals surface area contributed by atoms with E-state index in [1.165, 1.54) is 0 Å². The smallest absolute Gasteiger partial charge is 0.274 e. The lowest BCUT2D eigenvalue weighted by atomic mass is 10.2. The number of carbonyl (C=O) groups excluding carboxylic acids is 1. The summed E-state index contributed by atoms with van der Waals surface area (Å²) in [5.74, 6) is 1.38. The van der Waals surface area contributed by atoms with Crippen molar-refractivity contribution in [3.05, 3.63) is 71.7 Å². The van der Waals surface area contributed by atoms with Gasteiger partial charge in [0.15, 0.2) is 0 Å². The monoisotopic (exact) mass is 373 g/mol. The number of aryl methyl sites for hydroxylation is 1. The van der Waals surface area contributed by atoms with Gasteiger partial charge in [-0.3, -0.25) is 4.79 Å². The molecule has 0 aliphatic heterocycles. The van der Waals surface area contributed by atoms with E-state index >= 15 is 0 Å². The summed E-state index contributed by atoms with van der Waals surface area (Å²) in [4.78, 5) is 21.1. The molecule has 0 saturated carbocycles. The number of nitriles is 1. The molecule has 1 amide bonds. The molecule has 1 aromatic heterocycles. The van der Waals surface area contributed by atoms with Crippen LogP contribution in [0.3, 0.4) is 0 Å². The van der Waals surface area contributed by atoms with Crippen LogP contribution in [0.25, 0.3) is 0 Å². The van der Waals surface area contributed by atoms with Crippen LogP contribution >= 0.6 is 0 Å². The molecule has 7 nitrogen and oxygen atoms in total. The molecule has 0 unspecified atom stereocenters. The molecule has 0 radical (unpaired) electrons. The highest BCUT2D eigenvalue weighted by molar-refractivity contribution is 6.03. The average molecular weight is 373 g/mol. The van der Waals surface area contributed by atoms with E-state index in [0.29, 0.717) is 29.5 Å². The maximum atomic E-state index is 12.6. The zero-order valence-corrected chi connectivity index (χ0v) is 15.6. The highest BCUT2D eigenvalue weighted by atomic mass is 16.5. The normalized spacial score (nSPS) is 10.0. The predicted octanol–water partition coefficient (Wildman–Crippen LogP) is 4.05. The minimum Gasteiger partial charge on any atom is -0.494 e. The molecule has 0 saturated heterocycles. The fraction of sp³-hybridized carbons (Fsp3) is 0.143. The van der Waals surface area contributed by atoms with Crippen molar-refractivity contribution in [2.24, 2.45) is 0 Å². The Balaban J connectivity index is 1.76. The van der Waals surface area contributed by atoms with Gasteiger partial charge < -0.3 is 15.4 Å². The van der Waals surface area contributed by atoms with Crippen LogP contribution < -0.4 is 15.4 Å². The second-order valence-corrected chi connectivity index (χ2v) is 5.91. The van der Waals surface area contributed by atoms with Gasteiger partial charge in [0.05, 0.1) is 18.2 Å². The Hall–Kier alpha value is -3.92. The molecular weight excluding hydrogens is 354 g/mol. The van der Waals surface area contributed by atoms with Gasteiger partial charge in [-0.2, -0.15) is 5.26 Å². The van der Waals surface area contributed by atoms with Gasteiger partial charge in [-0.15, -0.1) is 0 Å². The average Bonchev–Trinajstić information content (AvgIpc) is 2.69. The Bertz CT molecular complexity index is 1030. The van der Waals surface area contributed by atoms with Crippen LogP contribution in [-0.2, 0) is 0 Å². The number of carbonyl (C=O) groups is 1. The minimum atomic E-state index is -0.379. The standard InChI is InChI=1S/C21H19N5O2/c1-3-28-18-9-7-16(8-10-18)25-20-12-19(23-14(2)24-20)21(27)26-17-6-4-5-15(11-17)13-22/h4-12H,3H2,1-2H3,(H,26,27)(H,23,24,25). The zero-order chi connectivity index (χ0) is 19.9. The van der Waals surface area contributed by atoms with Crippen LogP contribution in [0.5, 0.6) is 5.75 Å². The Morgan fingerprint density at radius 2 is 1.89 bits per heavy atom. The van der Waals surface area contributed by atoms with Gasteiger partial charge in [-0.25, -0.2) is 9.97 Å². The number of hydrogen-bond acceptors (Lipinski definition) is 6. The summed E-state index contributed by atoms with van der Waals surface area (Å²) in [6.45, 7) is 4.25. The zero-order valence-electron chi connectivity index (χ0n) is 15.6. The summed E-state index contributed by atoms with van der Waals surface area (Å²) in [6, 6.07) is 17.8. The second kappa shape index (κ2) is 8.64. The first kappa shape index (κ1) is 18.9. The van der Waals surface area contributed by atoms with Crippen molar-refractivity contribution in [1.29, 1.82) is 5.26 Å². The van der Waals surface area contributed by atoms with Crippen molar-refractivity contribution in [3.8, 4) is 11.8 Å². The number of rotatable bonds is 6. The first-order valence-electron chi connectivity index (χ1n) is 8.74. The number of hydrogen-bond donors (Lipinski definition) is 2. The Labute approximate surface area is 163 Å². The maximum Gasteiger partial charge on any atom is 0.274 e. The number of aromatic nitrogens is 2. The van der Waals surface area contributed by atoms with Crippen molar-refractivity contribution < 1.29 is 9.53 Å². The summed E-state index contributed by atoms with van der Waals surface area (Å²) >= 11 is 0. The van der Waals surface area contributed by atoms with Crippen LogP contribution in [0.15, 0.2) is 54.6 Å². The molecule has 0 fully saturated rings. The summed E-state index contributed by atoms with van der Waals surface area (Å²) < 4.78 is 5.43. The van der Waals surface area contributed by atoms with Crippen molar-refractivity contribution in [1.82, 2.24) is 9.97 Å². The van der Waals surface area contributed by atoms with Crippen molar-refractivity contribution in [3.63, 3.8) is 0 Å². The third-order valence-electron chi connectivity index (χ3n) is 3.76. The quantitative estimate of drug-likeness (QED) is 0.676. The highest BCUT2D eigenvalue weighted by Gasteiger charge is 2.11. The number of nitrogens with zero attached hydrogens (tertiary/aromatic N) is 3. The van der Waals surface area contributed by atoms with Crippen molar-refractivity contribution in [2.45, 2.75) is 13.8 Å². The van der Waals surface area contributed by atoms with Crippen molar-refractivity contribution in [2.75, 3.05) is 17.2 Å². The van der Waals surface area contributed by atoms with Gasteiger partial charge in [0.1, 0.15) is 23.1 Å². The van der Waals surface area contributed by atoms with E-state index in [-0.39, 0.29) is 11.6 Å². The van der Waals surface area contributed by atoms with Gasteiger partial charge in [-0.05, 0) is 56.3 Å². The number of nitrogens with one attached hydrogen (secondary N) is 2. The fourth-order valence-electron chi connectivity index (χ4n) is 2.56. The van der Waals surface area contributed by atoms with E-state index in [1.54, 1.807) is 37.3 Å². The van der Waals surface area contributed by atoms with E-state index < -0.39 is 0 Å². The van der Waals surface area contributed by atoms with Gasteiger partial charge in [0.2, 0.25) is 0 Å². The number of amides is 1. The van der Waals surface area contributed by atoms with Crippen LogP contribution in [0.1, 0.15) is 28.8 Å². The highest BCUT2D eigenvalue weighted by Crippen LogP contribution is 2.20. The van der Waals surface area contributed by atoms with Gasteiger partial charge in [0.25, 0.3) is 5.91 Å². The number of anilines is 3. The first-order chi connectivity index (χ1) is 13.6. The summed E-state index contributed by atoms with van der Waals surface area (Å²) in [6.07, 6.45) is 0. The number of benzene rings is 2. The topological polar surface area (TPSA) is 99.9 Å². The largest absolute Gasteiger partial charge is 0.494 e. The molecule has 0 aliphatic rings. The molecule has 7 heteroatoms. The molecule has 0 atom stereocenters. The minimum absolute atomic E-state index is 0.225. The Morgan fingerprint density at radius 1 is 1.11 bits per heavy atom. The molecule has 0 aliphatic carbocycles. The molecule has 1 heterocycles. The molecule has 2 N–H and O–H groups in total. The van der Waals surface area contributed by atoms with Crippen LogP contribution in [0.2, 0.25) is 0 Å². The van der Waals surface area contributed by atoms with E-state index in [9.17, 15) is 4.79 Å². The number of ether oxygens (including phenoxy) is 1. The molecule has 2 aromatic carbocycles.